The zero-order chi connectivity index (χ0) is 15.9. The normalized spacial score (nSPS) is 10.8. The highest BCUT2D eigenvalue weighted by molar-refractivity contribution is 5.70. The van der Waals surface area contributed by atoms with Crippen LogP contribution in [0.15, 0.2) is 48.7 Å². The van der Waals surface area contributed by atoms with Crippen LogP contribution in [0, 0.1) is 0 Å². The lowest BCUT2D eigenvalue weighted by Crippen LogP contribution is -1.95. The average Bonchev–Trinajstić information content (AvgIpc) is 2.52. The summed E-state index contributed by atoms with van der Waals surface area (Å²) in [5.41, 5.74) is 3.65. The molecule has 0 spiro atoms. The summed E-state index contributed by atoms with van der Waals surface area (Å²) in [5.74, 6) is 0.947. The quantitative estimate of drug-likeness (QED) is 0.799. The fourth-order valence-electron chi connectivity index (χ4n) is 2.18. The van der Waals surface area contributed by atoms with Gasteiger partial charge in [-0.15, -0.1) is 6.58 Å². The van der Waals surface area contributed by atoms with Crippen molar-refractivity contribution in [2.75, 3.05) is 7.11 Å². The number of hydrogen-bond donors (Lipinski definition) is 1. The summed E-state index contributed by atoms with van der Waals surface area (Å²) in [4.78, 5) is 4.23. The van der Waals surface area contributed by atoms with Gasteiger partial charge in [-0.1, -0.05) is 17.7 Å². The first-order chi connectivity index (χ1) is 10.6. The second kappa shape index (κ2) is 7.46. The van der Waals surface area contributed by atoms with Gasteiger partial charge < -0.3 is 9.84 Å². The van der Waals surface area contributed by atoms with Gasteiger partial charge in [-0.05, 0) is 55.7 Å². The molecule has 3 nitrogen and oxygen atoms in total. The van der Waals surface area contributed by atoms with E-state index in [4.69, 9.17) is 4.74 Å². The van der Waals surface area contributed by atoms with Crippen molar-refractivity contribution in [2.45, 2.75) is 19.8 Å². The Morgan fingerprint density at radius 2 is 2.14 bits per heavy atom. The fraction of sp³-hybridized carbons (Fsp3) is 0.211. The molecule has 0 unspecified atom stereocenters. The standard InChI is InChI=1S/C19H21NO2/c1-14(2)7-10-17-18(21)12-15(13-19(17)22-3)8-9-16-6-4-5-11-20-16/h4-6,8-9,11-13,21H,1,7,10H2,2-3H3. The first-order valence-corrected chi connectivity index (χ1v) is 7.23. The molecule has 1 aromatic carbocycles. The molecule has 0 amide bonds. The predicted molar refractivity (Wildman–Crippen MR) is 91.0 cm³/mol. The van der Waals surface area contributed by atoms with E-state index in [-0.39, 0.29) is 5.75 Å². The lowest BCUT2D eigenvalue weighted by molar-refractivity contribution is 0.399. The molecule has 0 aliphatic heterocycles. The number of aromatic nitrogens is 1. The number of phenolic OH excluding ortho intramolecular Hbond substituents is 1. The zero-order valence-electron chi connectivity index (χ0n) is 13.0. The van der Waals surface area contributed by atoms with Crippen LogP contribution in [0.4, 0.5) is 0 Å². The van der Waals surface area contributed by atoms with Gasteiger partial charge in [-0.3, -0.25) is 4.98 Å². The van der Waals surface area contributed by atoms with Crippen LogP contribution in [-0.4, -0.2) is 17.2 Å². The van der Waals surface area contributed by atoms with Crippen LogP contribution < -0.4 is 4.74 Å². The second-order valence-electron chi connectivity index (χ2n) is 5.27. The minimum absolute atomic E-state index is 0.251. The minimum Gasteiger partial charge on any atom is -0.508 e. The Balaban J connectivity index is 2.25. The fourth-order valence-corrected chi connectivity index (χ4v) is 2.18. The van der Waals surface area contributed by atoms with Crippen LogP contribution >= 0.6 is 0 Å². The van der Waals surface area contributed by atoms with Crippen LogP contribution in [0.25, 0.3) is 12.2 Å². The smallest absolute Gasteiger partial charge is 0.126 e. The molecule has 3 heteroatoms. The van der Waals surface area contributed by atoms with Crippen LogP contribution in [0.1, 0.15) is 30.2 Å². The molecule has 0 saturated carbocycles. The number of nitrogens with zero attached hydrogens (tertiary/aromatic N) is 1. The van der Waals surface area contributed by atoms with Gasteiger partial charge in [0.05, 0.1) is 12.8 Å². The van der Waals surface area contributed by atoms with E-state index in [0.717, 1.165) is 28.8 Å². The van der Waals surface area contributed by atoms with Crippen molar-refractivity contribution in [3.05, 3.63) is 65.5 Å². The largest absolute Gasteiger partial charge is 0.508 e. The van der Waals surface area contributed by atoms with E-state index < -0.39 is 0 Å². The third kappa shape index (κ3) is 4.22. The molecule has 0 aliphatic rings. The Morgan fingerprint density at radius 3 is 2.77 bits per heavy atom. The van der Waals surface area contributed by atoms with Gasteiger partial charge in [0.25, 0.3) is 0 Å². The zero-order valence-corrected chi connectivity index (χ0v) is 13.0. The van der Waals surface area contributed by atoms with E-state index in [1.807, 2.05) is 43.3 Å². The lowest BCUT2D eigenvalue weighted by Gasteiger charge is -2.12. The first-order valence-electron chi connectivity index (χ1n) is 7.23. The van der Waals surface area contributed by atoms with Gasteiger partial charge in [0.15, 0.2) is 0 Å². The number of pyridine rings is 1. The molecule has 0 radical (unpaired) electrons. The number of hydrogen-bond acceptors (Lipinski definition) is 3. The highest BCUT2D eigenvalue weighted by atomic mass is 16.5. The van der Waals surface area contributed by atoms with Crippen molar-refractivity contribution in [1.82, 2.24) is 4.98 Å². The Bertz CT molecular complexity index is 675. The summed E-state index contributed by atoms with van der Waals surface area (Å²) in [5, 5.41) is 10.3. The van der Waals surface area contributed by atoms with E-state index in [2.05, 4.69) is 11.6 Å². The first kappa shape index (κ1) is 15.8. The molecule has 2 rings (SSSR count). The van der Waals surface area contributed by atoms with Crippen molar-refractivity contribution < 1.29 is 9.84 Å². The summed E-state index contributed by atoms with van der Waals surface area (Å²) in [6, 6.07) is 9.41. The van der Waals surface area contributed by atoms with Gasteiger partial charge >= 0.3 is 0 Å². The molecule has 1 heterocycles. The summed E-state index contributed by atoms with van der Waals surface area (Å²) in [6.45, 7) is 5.88. The maximum Gasteiger partial charge on any atom is 0.126 e. The minimum atomic E-state index is 0.251. The summed E-state index contributed by atoms with van der Waals surface area (Å²) >= 11 is 0. The van der Waals surface area contributed by atoms with Gasteiger partial charge in [-0.2, -0.15) is 0 Å². The van der Waals surface area contributed by atoms with E-state index in [1.54, 1.807) is 19.4 Å². The lowest BCUT2D eigenvalue weighted by atomic mass is 10.0. The molecule has 1 N–H and O–H groups in total. The molecule has 1 aromatic heterocycles. The molecular weight excluding hydrogens is 274 g/mol. The number of aromatic hydroxyl groups is 1. The highest BCUT2D eigenvalue weighted by Gasteiger charge is 2.10. The number of methoxy groups -OCH3 is 1. The maximum atomic E-state index is 10.3. The topological polar surface area (TPSA) is 42.4 Å². The molecule has 0 bridgehead atoms. The number of ether oxygens (including phenoxy) is 1. The molecule has 114 valence electrons. The van der Waals surface area contributed by atoms with Gasteiger partial charge in [0.1, 0.15) is 11.5 Å². The van der Waals surface area contributed by atoms with Gasteiger partial charge in [0, 0.05) is 11.8 Å². The molecule has 0 atom stereocenters. The Kier molecular flexibility index (Phi) is 5.37. The third-order valence-electron chi connectivity index (χ3n) is 3.36. The average molecular weight is 295 g/mol. The third-order valence-corrected chi connectivity index (χ3v) is 3.36. The summed E-state index contributed by atoms with van der Waals surface area (Å²) < 4.78 is 5.41. The van der Waals surface area contributed by atoms with E-state index >= 15 is 0 Å². The molecule has 0 saturated heterocycles. The monoisotopic (exact) mass is 295 g/mol. The molecule has 0 aliphatic carbocycles. The van der Waals surface area contributed by atoms with Crippen LogP contribution in [0.2, 0.25) is 0 Å². The van der Waals surface area contributed by atoms with E-state index in [1.165, 1.54) is 0 Å². The van der Waals surface area contributed by atoms with Crippen LogP contribution in [-0.2, 0) is 6.42 Å². The Morgan fingerprint density at radius 1 is 1.32 bits per heavy atom. The molecular formula is C19H21NO2. The number of phenols is 1. The Hall–Kier alpha value is -2.55. The van der Waals surface area contributed by atoms with Crippen LogP contribution in [0.5, 0.6) is 11.5 Å². The van der Waals surface area contributed by atoms with Gasteiger partial charge in [0.2, 0.25) is 0 Å². The van der Waals surface area contributed by atoms with Gasteiger partial charge in [-0.25, -0.2) is 0 Å². The molecule has 2 aromatic rings. The number of rotatable bonds is 6. The summed E-state index contributed by atoms with van der Waals surface area (Å²) in [6.07, 6.45) is 7.11. The molecule has 22 heavy (non-hydrogen) atoms. The van der Waals surface area contributed by atoms with Crippen molar-refractivity contribution in [2.24, 2.45) is 0 Å². The van der Waals surface area contributed by atoms with Crippen molar-refractivity contribution in [3.8, 4) is 11.5 Å². The van der Waals surface area contributed by atoms with Crippen LogP contribution in [0.3, 0.4) is 0 Å². The van der Waals surface area contributed by atoms with Crippen molar-refractivity contribution >= 4 is 12.2 Å². The van der Waals surface area contributed by atoms with E-state index in [0.29, 0.717) is 12.2 Å². The number of benzene rings is 1. The second-order valence-corrected chi connectivity index (χ2v) is 5.27. The maximum absolute atomic E-state index is 10.3. The molecule has 0 fully saturated rings. The number of allylic oxidation sites excluding steroid dienone is 1. The Labute approximate surface area is 131 Å². The van der Waals surface area contributed by atoms with Crippen molar-refractivity contribution in [3.63, 3.8) is 0 Å². The predicted octanol–water partition coefficient (Wildman–Crippen LogP) is 4.47. The highest BCUT2D eigenvalue weighted by Crippen LogP contribution is 2.32. The SMILES string of the molecule is C=C(C)CCc1c(O)cc(C=Cc2ccccn2)cc1OC. The summed E-state index contributed by atoms with van der Waals surface area (Å²) in [7, 11) is 1.62. The van der Waals surface area contributed by atoms with Crippen molar-refractivity contribution in [1.29, 1.82) is 0 Å². The van der Waals surface area contributed by atoms with E-state index in [9.17, 15) is 5.11 Å².